The van der Waals surface area contributed by atoms with Gasteiger partial charge in [0.25, 0.3) is 0 Å². The molecule has 0 fully saturated rings. The molecule has 0 bridgehead atoms. The van der Waals surface area contributed by atoms with Gasteiger partial charge >= 0.3 is 11.9 Å². The van der Waals surface area contributed by atoms with Gasteiger partial charge in [-0.2, -0.15) is 0 Å². The molecule has 0 heterocycles. The van der Waals surface area contributed by atoms with Gasteiger partial charge in [0.05, 0.1) is 11.1 Å². The molecule has 4 nitrogen and oxygen atoms in total. The normalized spacial score (nSPS) is 10.3. The van der Waals surface area contributed by atoms with Crippen molar-refractivity contribution in [3.63, 3.8) is 0 Å². The highest BCUT2D eigenvalue weighted by atomic mass is 16.4. The Labute approximate surface area is 99.9 Å². The highest BCUT2D eigenvalue weighted by Crippen LogP contribution is 2.24. The fraction of sp³-hybridized carbons (Fsp3) is 0.385. The summed E-state index contributed by atoms with van der Waals surface area (Å²) in [7, 11) is 0. The zero-order valence-corrected chi connectivity index (χ0v) is 10.2. The van der Waals surface area contributed by atoms with Gasteiger partial charge in [-0.1, -0.05) is 13.8 Å². The lowest BCUT2D eigenvalue weighted by Crippen LogP contribution is -2.13. The molecule has 0 radical (unpaired) electrons. The van der Waals surface area contributed by atoms with Gasteiger partial charge < -0.3 is 10.2 Å². The van der Waals surface area contributed by atoms with Gasteiger partial charge in [0.1, 0.15) is 0 Å². The van der Waals surface area contributed by atoms with Crippen LogP contribution in [0.4, 0.5) is 0 Å². The molecular formula is C13H16O4. The van der Waals surface area contributed by atoms with E-state index < -0.39 is 11.9 Å². The number of hydrogen-bond donors (Lipinski definition) is 2. The SMILES string of the molecule is CCc1cc(C(=O)O)c(CC)c(C(=O)O)c1C. The van der Waals surface area contributed by atoms with Crippen molar-refractivity contribution < 1.29 is 19.8 Å². The van der Waals surface area contributed by atoms with E-state index in [4.69, 9.17) is 5.11 Å². The monoisotopic (exact) mass is 236 g/mol. The third kappa shape index (κ3) is 2.30. The minimum Gasteiger partial charge on any atom is -0.478 e. The van der Waals surface area contributed by atoms with E-state index in [0.29, 0.717) is 24.0 Å². The smallest absolute Gasteiger partial charge is 0.336 e. The lowest BCUT2D eigenvalue weighted by Gasteiger charge is -2.14. The van der Waals surface area contributed by atoms with Crippen LogP contribution in [0.15, 0.2) is 6.07 Å². The van der Waals surface area contributed by atoms with Crippen LogP contribution in [0.1, 0.15) is 51.3 Å². The molecule has 0 spiro atoms. The molecule has 0 amide bonds. The lowest BCUT2D eigenvalue weighted by atomic mass is 9.90. The van der Waals surface area contributed by atoms with Crippen LogP contribution in [0.25, 0.3) is 0 Å². The fourth-order valence-corrected chi connectivity index (χ4v) is 2.11. The van der Waals surface area contributed by atoms with Crippen LogP contribution in [-0.4, -0.2) is 22.2 Å². The first-order valence-electron chi connectivity index (χ1n) is 5.55. The maximum atomic E-state index is 11.3. The largest absolute Gasteiger partial charge is 0.478 e. The maximum Gasteiger partial charge on any atom is 0.336 e. The number of carboxylic acid groups (broad SMARTS) is 2. The third-order valence-electron chi connectivity index (χ3n) is 2.98. The van der Waals surface area contributed by atoms with E-state index in [1.807, 2.05) is 6.92 Å². The second-order valence-corrected chi connectivity index (χ2v) is 3.88. The summed E-state index contributed by atoms with van der Waals surface area (Å²) in [5.74, 6) is -2.13. The molecule has 1 rings (SSSR count). The molecule has 2 N–H and O–H groups in total. The van der Waals surface area contributed by atoms with Crippen LogP contribution in [0, 0.1) is 6.92 Å². The Morgan fingerprint density at radius 3 is 2.06 bits per heavy atom. The van der Waals surface area contributed by atoms with E-state index in [1.54, 1.807) is 19.9 Å². The Kier molecular flexibility index (Phi) is 3.89. The molecule has 4 heteroatoms. The summed E-state index contributed by atoms with van der Waals surface area (Å²) in [5, 5.41) is 18.3. The van der Waals surface area contributed by atoms with Gasteiger partial charge in [-0.25, -0.2) is 9.59 Å². The van der Waals surface area contributed by atoms with E-state index in [9.17, 15) is 14.7 Å². The molecule has 0 aliphatic heterocycles. The van der Waals surface area contributed by atoms with Crippen molar-refractivity contribution in [1.82, 2.24) is 0 Å². The molecular weight excluding hydrogens is 220 g/mol. The molecule has 1 aromatic carbocycles. The maximum absolute atomic E-state index is 11.3. The Bertz CT molecular complexity index is 475. The summed E-state index contributed by atoms with van der Waals surface area (Å²) in [6.07, 6.45) is 1.02. The van der Waals surface area contributed by atoms with Crippen molar-refractivity contribution in [3.05, 3.63) is 33.9 Å². The molecule has 92 valence electrons. The van der Waals surface area contributed by atoms with Crippen molar-refractivity contribution in [2.24, 2.45) is 0 Å². The standard InChI is InChI=1S/C13H16O4/c1-4-8-6-10(12(14)15)9(5-2)11(7(8)3)13(16)17/h6H,4-5H2,1-3H3,(H,14,15)(H,16,17). The van der Waals surface area contributed by atoms with Gasteiger partial charge in [-0.3, -0.25) is 0 Å². The number of aryl methyl sites for hydroxylation is 1. The number of carbonyl (C=O) groups is 2. The Balaban J connectivity index is 3.70. The van der Waals surface area contributed by atoms with E-state index in [2.05, 4.69) is 0 Å². The number of hydrogen-bond acceptors (Lipinski definition) is 2. The van der Waals surface area contributed by atoms with Crippen LogP contribution in [0.3, 0.4) is 0 Å². The Hall–Kier alpha value is -1.84. The van der Waals surface area contributed by atoms with Crippen molar-refractivity contribution in [2.45, 2.75) is 33.6 Å². The van der Waals surface area contributed by atoms with Gasteiger partial charge in [-0.05, 0) is 42.5 Å². The summed E-state index contributed by atoms with van der Waals surface area (Å²) in [6, 6.07) is 1.59. The molecule has 0 aromatic heterocycles. The lowest BCUT2D eigenvalue weighted by molar-refractivity contribution is 0.0694. The third-order valence-corrected chi connectivity index (χ3v) is 2.98. The zero-order chi connectivity index (χ0) is 13.2. The Morgan fingerprint density at radius 2 is 1.71 bits per heavy atom. The average Bonchev–Trinajstić information content (AvgIpc) is 2.27. The predicted octanol–water partition coefficient (Wildman–Crippen LogP) is 2.52. The van der Waals surface area contributed by atoms with Gasteiger partial charge in [-0.15, -0.1) is 0 Å². The second kappa shape index (κ2) is 4.99. The van der Waals surface area contributed by atoms with E-state index >= 15 is 0 Å². The molecule has 1 aromatic rings. The van der Waals surface area contributed by atoms with Crippen LogP contribution in [0.5, 0.6) is 0 Å². The Morgan fingerprint density at radius 1 is 1.12 bits per heavy atom. The summed E-state index contributed by atoms with van der Waals surface area (Å²) < 4.78 is 0. The summed E-state index contributed by atoms with van der Waals surface area (Å²) in [4.78, 5) is 22.4. The van der Waals surface area contributed by atoms with Crippen LogP contribution in [-0.2, 0) is 12.8 Å². The minimum absolute atomic E-state index is 0.104. The van der Waals surface area contributed by atoms with Crippen molar-refractivity contribution >= 4 is 11.9 Å². The quantitative estimate of drug-likeness (QED) is 0.842. The molecule has 0 aliphatic carbocycles. The highest BCUT2D eigenvalue weighted by Gasteiger charge is 2.21. The summed E-state index contributed by atoms with van der Waals surface area (Å²) >= 11 is 0. The molecule has 0 saturated carbocycles. The first-order chi connectivity index (χ1) is 7.93. The van der Waals surface area contributed by atoms with Crippen molar-refractivity contribution in [1.29, 1.82) is 0 Å². The molecule has 17 heavy (non-hydrogen) atoms. The molecule has 0 atom stereocenters. The molecule has 0 aliphatic rings. The fourth-order valence-electron chi connectivity index (χ4n) is 2.11. The number of benzene rings is 1. The minimum atomic E-state index is -1.07. The van der Waals surface area contributed by atoms with Crippen molar-refractivity contribution in [3.8, 4) is 0 Å². The first kappa shape index (κ1) is 13.2. The number of rotatable bonds is 4. The van der Waals surface area contributed by atoms with Crippen LogP contribution in [0.2, 0.25) is 0 Å². The topological polar surface area (TPSA) is 74.6 Å². The molecule has 0 unspecified atom stereocenters. The van der Waals surface area contributed by atoms with E-state index in [1.165, 1.54) is 0 Å². The van der Waals surface area contributed by atoms with Crippen molar-refractivity contribution in [2.75, 3.05) is 0 Å². The van der Waals surface area contributed by atoms with Gasteiger partial charge in [0.2, 0.25) is 0 Å². The summed E-state index contributed by atoms with van der Waals surface area (Å²) in [6.45, 7) is 5.37. The van der Waals surface area contributed by atoms with Gasteiger partial charge in [0.15, 0.2) is 0 Å². The van der Waals surface area contributed by atoms with Gasteiger partial charge in [0, 0.05) is 0 Å². The number of aromatic carboxylic acids is 2. The zero-order valence-electron chi connectivity index (χ0n) is 10.2. The first-order valence-corrected chi connectivity index (χ1v) is 5.55. The van der Waals surface area contributed by atoms with E-state index in [-0.39, 0.29) is 11.1 Å². The highest BCUT2D eigenvalue weighted by molar-refractivity contribution is 5.98. The average molecular weight is 236 g/mol. The molecule has 0 saturated heterocycles. The number of carboxylic acids is 2. The van der Waals surface area contributed by atoms with Crippen LogP contribution >= 0.6 is 0 Å². The predicted molar refractivity (Wildman–Crippen MR) is 63.9 cm³/mol. The summed E-state index contributed by atoms with van der Waals surface area (Å²) in [5.41, 5.74) is 2.09. The van der Waals surface area contributed by atoms with Crippen LogP contribution < -0.4 is 0 Å². The van der Waals surface area contributed by atoms with E-state index in [0.717, 1.165) is 5.56 Å². The second-order valence-electron chi connectivity index (χ2n) is 3.88.